The van der Waals surface area contributed by atoms with Crippen LogP contribution in [0.4, 0.5) is 0 Å². The van der Waals surface area contributed by atoms with Crippen molar-refractivity contribution in [3.63, 3.8) is 0 Å². The fourth-order valence-electron chi connectivity index (χ4n) is 6.47. The Morgan fingerprint density at radius 1 is 0.884 bits per heavy atom. The van der Waals surface area contributed by atoms with Gasteiger partial charge in [-0.25, -0.2) is 0 Å². The molecular formula is C36H54N4O3. The number of ether oxygens (including phenoxy) is 1. The first-order chi connectivity index (χ1) is 20.9. The van der Waals surface area contributed by atoms with Gasteiger partial charge in [0.05, 0.1) is 6.04 Å². The van der Waals surface area contributed by atoms with Crippen molar-refractivity contribution in [1.29, 1.82) is 0 Å². The average molecular weight is 591 g/mol. The highest BCUT2D eigenvalue weighted by Gasteiger charge is 2.32. The fraction of sp³-hybridized carbons (Fsp3) is 0.611. The minimum absolute atomic E-state index is 0.0410. The van der Waals surface area contributed by atoms with Gasteiger partial charge in [-0.05, 0) is 81.4 Å². The van der Waals surface area contributed by atoms with Crippen LogP contribution in [-0.2, 0) is 22.6 Å². The van der Waals surface area contributed by atoms with Gasteiger partial charge in [0, 0.05) is 25.6 Å². The number of carbonyl (C=O) groups excluding carboxylic acids is 2. The maximum atomic E-state index is 13.9. The molecule has 2 fully saturated rings. The van der Waals surface area contributed by atoms with Crippen LogP contribution in [0.3, 0.4) is 0 Å². The van der Waals surface area contributed by atoms with E-state index in [0.29, 0.717) is 31.5 Å². The van der Waals surface area contributed by atoms with Gasteiger partial charge in [-0.1, -0.05) is 82.0 Å². The monoisotopic (exact) mass is 590 g/mol. The Hall–Kier alpha value is -2.90. The molecule has 2 amide bonds. The number of amides is 2. The molecule has 1 aliphatic heterocycles. The highest BCUT2D eigenvalue weighted by Crippen LogP contribution is 2.25. The maximum absolute atomic E-state index is 13.9. The fourth-order valence-corrected chi connectivity index (χ4v) is 6.47. The molecule has 43 heavy (non-hydrogen) atoms. The summed E-state index contributed by atoms with van der Waals surface area (Å²) in [6, 6.07) is 17.5. The number of rotatable bonds is 15. The van der Waals surface area contributed by atoms with Gasteiger partial charge in [0.1, 0.15) is 18.4 Å². The Labute approximate surface area is 259 Å². The number of nitrogens with zero attached hydrogens (tertiary/aromatic N) is 2. The number of likely N-dealkylation sites (N-methyl/N-ethyl adjacent to an activating group) is 1. The molecule has 0 spiro atoms. The van der Waals surface area contributed by atoms with E-state index in [1.165, 1.54) is 38.5 Å². The lowest BCUT2D eigenvalue weighted by molar-refractivity contribution is -0.133. The van der Waals surface area contributed by atoms with Crippen LogP contribution in [-0.4, -0.2) is 73.0 Å². The molecule has 0 unspecified atom stereocenters. The minimum atomic E-state index is -0.639. The Bertz CT molecular complexity index is 1100. The minimum Gasteiger partial charge on any atom is -0.489 e. The van der Waals surface area contributed by atoms with Gasteiger partial charge in [0.15, 0.2) is 0 Å². The van der Waals surface area contributed by atoms with E-state index < -0.39 is 6.04 Å². The van der Waals surface area contributed by atoms with E-state index in [0.717, 1.165) is 55.8 Å². The lowest BCUT2D eigenvalue weighted by atomic mass is 9.91. The smallest absolute Gasteiger partial charge is 0.242 e. The van der Waals surface area contributed by atoms with Crippen LogP contribution in [0.15, 0.2) is 54.6 Å². The van der Waals surface area contributed by atoms with Crippen LogP contribution in [0, 0.1) is 5.92 Å². The van der Waals surface area contributed by atoms with Gasteiger partial charge in [0.2, 0.25) is 11.8 Å². The Morgan fingerprint density at radius 3 is 2.23 bits per heavy atom. The first kappa shape index (κ1) is 33.0. The highest BCUT2D eigenvalue weighted by atomic mass is 16.5. The number of piperidine rings is 1. The van der Waals surface area contributed by atoms with Gasteiger partial charge < -0.3 is 20.3 Å². The molecule has 7 heteroatoms. The Morgan fingerprint density at radius 2 is 1.56 bits per heavy atom. The molecule has 7 nitrogen and oxygen atoms in total. The second-order valence-electron chi connectivity index (χ2n) is 13.0. The molecule has 2 aliphatic rings. The number of likely N-dealkylation sites (tertiary alicyclic amines) is 1. The van der Waals surface area contributed by atoms with Crippen LogP contribution in [0.1, 0.15) is 82.8 Å². The maximum Gasteiger partial charge on any atom is 0.242 e. The van der Waals surface area contributed by atoms with Crippen molar-refractivity contribution in [2.75, 3.05) is 33.2 Å². The standard InChI is InChI=1S/C36H54N4O3/c1-28(2)25-34(39(3)31-15-9-5-10-16-31)36(42)38-33(35(41)37-21-24-40-22-11-6-12-23-40)26-29-17-19-32(20-18-29)43-27-30-13-7-4-8-14-30/h4,7-8,13-14,17-20,28,31,33-34H,5-6,9-12,15-16,21-27H2,1-3H3,(H,37,41)(H,38,42)/t33-,34-/m0/s1. The molecule has 1 saturated heterocycles. The number of hydrogen-bond acceptors (Lipinski definition) is 5. The van der Waals surface area contributed by atoms with E-state index in [-0.39, 0.29) is 17.9 Å². The van der Waals surface area contributed by atoms with Gasteiger partial charge in [-0.2, -0.15) is 0 Å². The quantitative estimate of drug-likeness (QED) is 0.284. The third kappa shape index (κ3) is 11.0. The average Bonchev–Trinajstić information content (AvgIpc) is 3.04. The van der Waals surface area contributed by atoms with Crippen molar-refractivity contribution in [1.82, 2.24) is 20.4 Å². The zero-order valence-electron chi connectivity index (χ0n) is 26.7. The first-order valence-electron chi connectivity index (χ1n) is 16.7. The normalized spacial score (nSPS) is 17.9. The summed E-state index contributed by atoms with van der Waals surface area (Å²) in [7, 11) is 2.10. The lowest BCUT2D eigenvalue weighted by Gasteiger charge is -2.37. The number of hydrogen-bond donors (Lipinski definition) is 2. The molecule has 1 saturated carbocycles. The van der Waals surface area contributed by atoms with E-state index in [2.05, 4.69) is 41.3 Å². The molecule has 2 aromatic rings. The van der Waals surface area contributed by atoms with E-state index in [4.69, 9.17) is 4.74 Å². The number of nitrogens with one attached hydrogen (secondary N) is 2. The summed E-state index contributed by atoms with van der Waals surface area (Å²) >= 11 is 0. The summed E-state index contributed by atoms with van der Waals surface area (Å²) in [4.78, 5) is 32.2. The van der Waals surface area contributed by atoms with Crippen LogP contribution >= 0.6 is 0 Å². The molecular weight excluding hydrogens is 536 g/mol. The lowest BCUT2D eigenvalue weighted by Crippen LogP contribution is -2.56. The third-order valence-corrected chi connectivity index (χ3v) is 9.06. The van der Waals surface area contributed by atoms with Crippen molar-refractivity contribution < 1.29 is 14.3 Å². The van der Waals surface area contributed by atoms with Gasteiger partial charge in [0.25, 0.3) is 0 Å². The van der Waals surface area contributed by atoms with Crippen LogP contribution in [0.2, 0.25) is 0 Å². The summed E-state index contributed by atoms with van der Waals surface area (Å²) < 4.78 is 5.97. The van der Waals surface area contributed by atoms with Crippen LogP contribution in [0.5, 0.6) is 5.75 Å². The zero-order valence-corrected chi connectivity index (χ0v) is 26.7. The first-order valence-corrected chi connectivity index (χ1v) is 16.7. The summed E-state index contributed by atoms with van der Waals surface area (Å²) in [5, 5.41) is 6.35. The van der Waals surface area contributed by atoms with Crippen molar-refractivity contribution >= 4 is 11.8 Å². The summed E-state index contributed by atoms with van der Waals surface area (Å²) in [5.41, 5.74) is 2.11. The van der Waals surface area contributed by atoms with Gasteiger partial charge >= 0.3 is 0 Å². The summed E-state index contributed by atoms with van der Waals surface area (Å²) in [6.07, 6.45) is 10.9. The molecule has 2 atom stereocenters. The molecule has 0 bridgehead atoms. The number of benzene rings is 2. The highest BCUT2D eigenvalue weighted by molar-refractivity contribution is 5.90. The van der Waals surface area contributed by atoms with Gasteiger partial charge in [-0.15, -0.1) is 0 Å². The molecule has 0 radical (unpaired) electrons. The predicted molar refractivity (Wildman–Crippen MR) is 174 cm³/mol. The molecule has 2 N–H and O–H groups in total. The van der Waals surface area contributed by atoms with Crippen molar-refractivity contribution in [2.24, 2.45) is 5.92 Å². The van der Waals surface area contributed by atoms with Crippen LogP contribution < -0.4 is 15.4 Å². The van der Waals surface area contributed by atoms with Crippen molar-refractivity contribution in [3.8, 4) is 5.75 Å². The Kier molecular flexibility index (Phi) is 13.4. The summed E-state index contributed by atoms with van der Waals surface area (Å²) in [5.74, 6) is 1.01. The largest absolute Gasteiger partial charge is 0.489 e. The van der Waals surface area contributed by atoms with Gasteiger partial charge in [-0.3, -0.25) is 14.5 Å². The van der Waals surface area contributed by atoms with E-state index in [9.17, 15) is 9.59 Å². The van der Waals surface area contributed by atoms with E-state index in [1.807, 2.05) is 54.6 Å². The Balaban J connectivity index is 1.42. The zero-order chi connectivity index (χ0) is 30.4. The second-order valence-corrected chi connectivity index (χ2v) is 13.0. The molecule has 1 heterocycles. The topological polar surface area (TPSA) is 73.9 Å². The molecule has 2 aromatic carbocycles. The third-order valence-electron chi connectivity index (χ3n) is 9.06. The van der Waals surface area contributed by atoms with Crippen molar-refractivity contribution in [2.45, 2.75) is 103 Å². The molecule has 4 rings (SSSR count). The number of carbonyl (C=O) groups is 2. The summed E-state index contributed by atoms with van der Waals surface area (Å²) in [6.45, 7) is 8.47. The van der Waals surface area contributed by atoms with Crippen molar-refractivity contribution in [3.05, 3.63) is 65.7 Å². The molecule has 0 aromatic heterocycles. The molecule has 1 aliphatic carbocycles. The second kappa shape index (κ2) is 17.4. The van der Waals surface area contributed by atoms with E-state index in [1.54, 1.807) is 0 Å². The van der Waals surface area contributed by atoms with E-state index >= 15 is 0 Å². The predicted octanol–water partition coefficient (Wildman–Crippen LogP) is 5.57. The SMILES string of the molecule is CC(C)C[C@@H](C(=O)N[C@@H](Cc1ccc(OCc2ccccc2)cc1)C(=O)NCCN1CCCCC1)N(C)C1CCCCC1. The van der Waals surface area contributed by atoms with Crippen LogP contribution in [0.25, 0.3) is 0 Å². The molecule has 236 valence electrons.